The van der Waals surface area contributed by atoms with Crippen LogP contribution in [0, 0.1) is 11.3 Å². The highest BCUT2D eigenvalue weighted by Gasteiger charge is 2.09. The van der Waals surface area contributed by atoms with E-state index >= 15 is 0 Å². The minimum Gasteiger partial charge on any atom is -0.462 e. The summed E-state index contributed by atoms with van der Waals surface area (Å²) in [4.78, 5) is 10.8. The van der Waals surface area contributed by atoms with Crippen LogP contribution < -0.4 is 0 Å². The third-order valence-corrected chi connectivity index (χ3v) is 1.02. The third-order valence-electron chi connectivity index (χ3n) is 1.02. The third kappa shape index (κ3) is 2.67. The molecule has 0 aliphatic rings. The molecule has 0 aromatic rings. The fourth-order valence-electron chi connectivity index (χ4n) is 0.409. The topological polar surface area (TPSA) is 50.1 Å². The summed E-state index contributed by atoms with van der Waals surface area (Å²) in [6.07, 6.45) is 0. The maximum absolute atomic E-state index is 10.8. The minimum atomic E-state index is -0.584. The van der Waals surface area contributed by atoms with Crippen LogP contribution in [0.3, 0.4) is 0 Å². The predicted octanol–water partition coefficient (Wildman–Crippen LogP) is 1.19. The molecule has 0 aromatic heterocycles. The van der Waals surface area contributed by atoms with Gasteiger partial charge >= 0.3 is 5.97 Å². The minimum absolute atomic E-state index is 0.0225. The van der Waals surface area contributed by atoms with Crippen LogP contribution in [0.2, 0.25) is 0 Å². The van der Waals surface area contributed by atoms with Gasteiger partial charge in [-0.25, -0.2) is 4.79 Å². The molecule has 0 N–H and O–H groups in total. The van der Waals surface area contributed by atoms with Gasteiger partial charge in [0.1, 0.15) is 0 Å². The van der Waals surface area contributed by atoms with Gasteiger partial charge in [-0.3, -0.25) is 0 Å². The van der Waals surface area contributed by atoms with Gasteiger partial charge in [-0.2, -0.15) is 5.26 Å². The van der Waals surface area contributed by atoms with E-state index in [9.17, 15) is 4.79 Å². The molecule has 0 atom stereocenters. The number of esters is 1. The molecule has 58 valence electrons. The van der Waals surface area contributed by atoms with Crippen molar-refractivity contribution >= 4 is 5.97 Å². The Morgan fingerprint density at radius 2 is 2.18 bits per heavy atom. The molecule has 0 bridgehead atoms. The summed E-state index contributed by atoms with van der Waals surface area (Å²) in [6.45, 7) is 8.62. The first-order valence-corrected chi connectivity index (χ1v) is 3.08. The van der Waals surface area contributed by atoms with Gasteiger partial charge in [0.05, 0.1) is 23.8 Å². The standard InChI is InChI=1S/C8H9NO2/c1-4-11-8(10)7(3)6(2)5-9/h2-4H2,1H3. The second kappa shape index (κ2) is 4.29. The van der Waals surface area contributed by atoms with E-state index in [-0.39, 0.29) is 17.8 Å². The van der Waals surface area contributed by atoms with Gasteiger partial charge in [-0.15, -0.1) is 0 Å². The van der Waals surface area contributed by atoms with E-state index in [1.807, 2.05) is 0 Å². The quantitative estimate of drug-likeness (QED) is 0.263. The molecule has 3 nitrogen and oxygen atoms in total. The van der Waals surface area contributed by atoms with Gasteiger partial charge in [0.25, 0.3) is 0 Å². The van der Waals surface area contributed by atoms with Gasteiger partial charge in [-0.1, -0.05) is 13.2 Å². The second-order valence-corrected chi connectivity index (χ2v) is 1.79. The Labute approximate surface area is 65.6 Å². The summed E-state index contributed by atoms with van der Waals surface area (Å²) >= 11 is 0. The van der Waals surface area contributed by atoms with E-state index in [0.29, 0.717) is 0 Å². The number of ether oxygens (including phenoxy) is 1. The summed E-state index contributed by atoms with van der Waals surface area (Å²) in [5.41, 5.74) is 0.0674. The lowest BCUT2D eigenvalue weighted by Crippen LogP contribution is -2.07. The van der Waals surface area contributed by atoms with Crippen molar-refractivity contribution in [1.29, 1.82) is 5.26 Å². The van der Waals surface area contributed by atoms with Gasteiger partial charge in [-0.05, 0) is 6.92 Å². The highest BCUT2D eigenvalue weighted by atomic mass is 16.5. The molecule has 0 spiro atoms. The van der Waals surface area contributed by atoms with E-state index in [1.54, 1.807) is 13.0 Å². The van der Waals surface area contributed by atoms with Gasteiger partial charge < -0.3 is 4.74 Å². The van der Waals surface area contributed by atoms with Crippen molar-refractivity contribution in [2.24, 2.45) is 0 Å². The van der Waals surface area contributed by atoms with Gasteiger partial charge in [0.2, 0.25) is 0 Å². The van der Waals surface area contributed by atoms with Crippen LogP contribution in [0.1, 0.15) is 6.92 Å². The molecule has 0 aromatic carbocycles. The first-order valence-electron chi connectivity index (χ1n) is 3.08. The fourth-order valence-corrected chi connectivity index (χ4v) is 0.409. The van der Waals surface area contributed by atoms with E-state index in [1.165, 1.54) is 0 Å². The smallest absolute Gasteiger partial charge is 0.338 e. The summed E-state index contributed by atoms with van der Waals surface area (Å²) in [5, 5.41) is 8.30. The molecule has 0 amide bonds. The Bertz CT molecular complexity index is 235. The monoisotopic (exact) mass is 151 g/mol. The van der Waals surface area contributed by atoms with Crippen molar-refractivity contribution < 1.29 is 9.53 Å². The van der Waals surface area contributed by atoms with Crippen LogP contribution in [0.4, 0.5) is 0 Å². The van der Waals surface area contributed by atoms with Crippen molar-refractivity contribution in [3.05, 3.63) is 24.3 Å². The van der Waals surface area contributed by atoms with Crippen LogP contribution >= 0.6 is 0 Å². The summed E-state index contributed by atoms with van der Waals surface area (Å²) in [6, 6.07) is 1.71. The molecular weight excluding hydrogens is 142 g/mol. The highest BCUT2D eigenvalue weighted by Crippen LogP contribution is 2.04. The largest absolute Gasteiger partial charge is 0.462 e. The summed E-state index contributed by atoms with van der Waals surface area (Å²) in [7, 11) is 0. The number of carbonyl (C=O) groups excluding carboxylic acids is 1. The molecule has 3 heteroatoms. The zero-order valence-corrected chi connectivity index (χ0v) is 6.39. The van der Waals surface area contributed by atoms with Crippen molar-refractivity contribution in [2.75, 3.05) is 6.61 Å². The molecule has 0 aliphatic heterocycles. The normalized spacial score (nSPS) is 8.00. The average molecular weight is 151 g/mol. The van der Waals surface area contributed by atoms with E-state index in [2.05, 4.69) is 17.9 Å². The van der Waals surface area contributed by atoms with Crippen LogP contribution in [0.25, 0.3) is 0 Å². The Morgan fingerprint density at radius 3 is 2.55 bits per heavy atom. The zero-order chi connectivity index (χ0) is 8.85. The molecule has 11 heavy (non-hydrogen) atoms. The fraction of sp³-hybridized carbons (Fsp3) is 0.250. The first-order chi connectivity index (χ1) is 5.13. The lowest BCUT2D eigenvalue weighted by atomic mass is 10.1. The van der Waals surface area contributed by atoms with Crippen molar-refractivity contribution in [1.82, 2.24) is 0 Å². The van der Waals surface area contributed by atoms with Crippen molar-refractivity contribution in [2.45, 2.75) is 6.92 Å². The Balaban J connectivity index is 4.17. The molecule has 0 saturated heterocycles. The van der Waals surface area contributed by atoms with E-state index in [0.717, 1.165) is 0 Å². The number of carbonyl (C=O) groups is 1. The van der Waals surface area contributed by atoms with Gasteiger partial charge in [0, 0.05) is 0 Å². The van der Waals surface area contributed by atoms with Crippen LogP contribution in [0.5, 0.6) is 0 Å². The summed E-state index contributed by atoms with van der Waals surface area (Å²) < 4.78 is 4.58. The number of nitriles is 1. The number of hydrogen-bond donors (Lipinski definition) is 0. The maximum Gasteiger partial charge on any atom is 0.338 e. The lowest BCUT2D eigenvalue weighted by molar-refractivity contribution is -0.138. The molecule has 0 radical (unpaired) electrons. The molecular formula is C8H9NO2. The molecule has 0 fully saturated rings. The predicted molar refractivity (Wildman–Crippen MR) is 40.5 cm³/mol. The molecule has 0 rings (SSSR count). The molecule has 0 unspecified atom stereocenters. The van der Waals surface area contributed by atoms with Crippen molar-refractivity contribution in [3.8, 4) is 6.07 Å². The lowest BCUT2D eigenvalue weighted by Gasteiger charge is -2.00. The number of rotatable bonds is 3. The highest BCUT2D eigenvalue weighted by molar-refractivity contribution is 5.93. The van der Waals surface area contributed by atoms with Crippen molar-refractivity contribution in [3.63, 3.8) is 0 Å². The van der Waals surface area contributed by atoms with Crippen LogP contribution in [-0.4, -0.2) is 12.6 Å². The second-order valence-electron chi connectivity index (χ2n) is 1.79. The first kappa shape index (κ1) is 9.44. The van der Waals surface area contributed by atoms with E-state index < -0.39 is 5.97 Å². The summed E-state index contributed by atoms with van der Waals surface area (Å²) in [5.74, 6) is -0.584. The van der Waals surface area contributed by atoms with Crippen LogP contribution in [0.15, 0.2) is 24.3 Å². The van der Waals surface area contributed by atoms with Gasteiger partial charge in [0.15, 0.2) is 0 Å². The Morgan fingerprint density at radius 1 is 1.64 bits per heavy atom. The number of hydrogen-bond acceptors (Lipinski definition) is 3. The number of nitrogens with zero attached hydrogens (tertiary/aromatic N) is 1. The molecule has 0 aliphatic carbocycles. The maximum atomic E-state index is 10.8. The Kier molecular flexibility index (Phi) is 3.68. The van der Waals surface area contributed by atoms with E-state index in [4.69, 9.17) is 5.26 Å². The molecule has 0 heterocycles. The zero-order valence-electron chi connectivity index (χ0n) is 6.39. The Hall–Kier alpha value is -1.56. The molecule has 0 saturated carbocycles. The van der Waals surface area contributed by atoms with Crippen LogP contribution in [-0.2, 0) is 9.53 Å². The SMILES string of the molecule is C=C(C#N)C(=C)C(=O)OCC. The average Bonchev–Trinajstić information content (AvgIpc) is 2.02.